The normalized spacial score (nSPS) is 29.9. The van der Waals surface area contributed by atoms with Crippen molar-refractivity contribution in [3.05, 3.63) is 42.8 Å². The molecule has 2 aromatic rings. The second kappa shape index (κ2) is 12.5. The Bertz CT molecular complexity index is 1590. The van der Waals surface area contributed by atoms with Gasteiger partial charge >= 0.3 is 10.8 Å². The number of hydrogen-bond donors (Lipinski definition) is 2. The van der Waals surface area contributed by atoms with E-state index in [1.165, 1.54) is 16.2 Å². The van der Waals surface area contributed by atoms with Crippen LogP contribution < -0.4 is 9.61 Å². The number of nitrogens with one attached hydrogen (secondary N) is 1. The fraction of sp³-hybridized carbons (Fsp3) is 0.581. The number of ether oxygens (including phenoxy) is 2. The van der Waals surface area contributed by atoms with Crippen molar-refractivity contribution in [2.75, 3.05) is 39.5 Å². The van der Waals surface area contributed by atoms with Crippen LogP contribution >= 0.6 is 39.0 Å². The van der Waals surface area contributed by atoms with E-state index in [0.29, 0.717) is 57.9 Å². The molecule has 2 bridgehead atoms. The summed E-state index contributed by atoms with van der Waals surface area (Å²) >= 11 is 6.43. The first-order valence-electron chi connectivity index (χ1n) is 15.5. The number of thiazole rings is 1. The third-order valence-corrected chi connectivity index (χ3v) is 13.2. The summed E-state index contributed by atoms with van der Waals surface area (Å²) in [5.41, 5.74) is 0.863. The predicted molar refractivity (Wildman–Crippen MR) is 168 cm³/mol. The molecule has 2 saturated carbocycles. The van der Waals surface area contributed by atoms with Crippen LogP contribution in [0.1, 0.15) is 48.5 Å². The van der Waals surface area contributed by atoms with Gasteiger partial charge in [0, 0.05) is 52.1 Å². The van der Waals surface area contributed by atoms with Crippen LogP contribution in [0.2, 0.25) is 0 Å². The molecule has 2 N–H and O–H groups in total. The maximum atomic E-state index is 13.8. The Morgan fingerprint density at radius 2 is 1.82 bits per heavy atom. The molecule has 14 heteroatoms. The summed E-state index contributed by atoms with van der Waals surface area (Å²) in [5.74, 6) is -1.67. The third kappa shape index (κ3) is 5.55. The van der Waals surface area contributed by atoms with Crippen molar-refractivity contribution in [1.82, 2.24) is 14.8 Å². The van der Waals surface area contributed by atoms with E-state index in [4.69, 9.17) is 14.6 Å². The number of carbonyl (C=O) groups excluding carboxylic acids is 3. The van der Waals surface area contributed by atoms with Crippen LogP contribution in [-0.2, 0) is 23.9 Å². The van der Waals surface area contributed by atoms with Gasteiger partial charge in [-0.3, -0.25) is 28.9 Å². The van der Waals surface area contributed by atoms with Crippen LogP contribution in [0.15, 0.2) is 32.5 Å². The van der Waals surface area contributed by atoms with Gasteiger partial charge in [-0.25, -0.2) is 0 Å². The van der Waals surface area contributed by atoms with Crippen LogP contribution in [0.5, 0.6) is 5.75 Å². The monoisotopic (exact) mass is 719 g/mol. The quantitative estimate of drug-likeness (QED) is 0.278. The number of halogens is 1. The molecule has 1 aromatic carbocycles. The van der Waals surface area contributed by atoms with Gasteiger partial charge in [-0.1, -0.05) is 33.7 Å². The van der Waals surface area contributed by atoms with Crippen molar-refractivity contribution in [2.45, 2.75) is 48.3 Å². The molecule has 7 rings (SSSR count). The second-order valence-electron chi connectivity index (χ2n) is 12.5. The molecule has 2 saturated heterocycles. The number of benzene rings is 1. The number of unbranched alkanes of at least 4 members (excludes halogenated alkanes) is 2. The molecule has 7 atom stereocenters. The summed E-state index contributed by atoms with van der Waals surface area (Å²) in [6, 6.07) is 5.72. The molecule has 0 spiro atoms. The van der Waals surface area contributed by atoms with Crippen molar-refractivity contribution in [3.63, 3.8) is 0 Å². The number of carboxylic acids is 1. The van der Waals surface area contributed by atoms with Gasteiger partial charge in [0.1, 0.15) is 5.75 Å². The van der Waals surface area contributed by atoms with Crippen LogP contribution in [0.4, 0.5) is 0 Å². The smallest absolute Gasteiger partial charge is 0.305 e. The summed E-state index contributed by atoms with van der Waals surface area (Å²) in [5, 5.41) is 9.77. The first-order chi connectivity index (χ1) is 21.7. The lowest BCUT2D eigenvalue weighted by Crippen LogP contribution is -2.43. The number of rotatable bonds is 10. The largest absolute Gasteiger partial charge is 0.483 e. The van der Waals surface area contributed by atoms with Crippen LogP contribution in [0.3, 0.4) is 0 Å². The first-order valence-corrected chi connectivity index (χ1v) is 18.0. The minimum Gasteiger partial charge on any atom is -0.483 e. The summed E-state index contributed by atoms with van der Waals surface area (Å²) in [6.07, 6.45) is 2.60. The number of hydrogen-bond acceptors (Lipinski definition) is 9. The minimum absolute atomic E-state index is 0.000869. The van der Waals surface area contributed by atoms with Crippen molar-refractivity contribution in [3.8, 4) is 5.75 Å². The Morgan fingerprint density at radius 1 is 1.07 bits per heavy atom. The number of aromatic nitrogens is 1. The number of aromatic amines is 1. The van der Waals surface area contributed by atoms with Gasteiger partial charge in [0.05, 0.1) is 30.1 Å². The number of amides is 3. The molecule has 240 valence electrons. The molecule has 3 amide bonds. The van der Waals surface area contributed by atoms with E-state index in [1.54, 1.807) is 16.7 Å². The topological polar surface area (TPSA) is 146 Å². The molecule has 2 aliphatic carbocycles. The van der Waals surface area contributed by atoms with E-state index in [2.05, 4.69) is 20.9 Å². The summed E-state index contributed by atoms with van der Waals surface area (Å²) < 4.78 is 12.4. The number of H-pyrrole nitrogens is 1. The highest BCUT2D eigenvalue weighted by Crippen LogP contribution is 2.69. The first kappa shape index (κ1) is 30.9. The third-order valence-electron chi connectivity index (χ3n) is 10.1. The number of thioether (sulfide) groups is 1. The van der Waals surface area contributed by atoms with E-state index >= 15 is 0 Å². The fourth-order valence-electron chi connectivity index (χ4n) is 8.31. The standard InChI is InChI=1S/C31H34BrN3O8S2/c32-15-5-6-19(43-14-20(36)34-8-10-42-11-9-34)16(12-15)22-23-17-13-18(26(23)44-28-27(22)45-31(41)33-28)25-24(17)29(39)35(30(25)40)7-3-1-2-4-21(37)38/h5-6,12,17-18,22-26H,1-4,7-11,13-14H2,(H,33,41)(H,37,38)/t17?,18?,22-,23?,24?,25?,26?/m1/s1. The SMILES string of the molecule is O=C(O)CCCCCN1C(=O)C2C3CC(C2C1=O)C1C3Sc2[nH]c(=O)sc2[C@@H]1c1cc(Br)ccc1OCC(=O)N1CCOCC1. The summed E-state index contributed by atoms with van der Waals surface area (Å²) in [6.45, 7) is 2.25. The van der Waals surface area contributed by atoms with Crippen LogP contribution in [-0.4, -0.2) is 88.3 Å². The van der Waals surface area contributed by atoms with Crippen LogP contribution in [0.25, 0.3) is 0 Å². The lowest BCUT2D eigenvalue weighted by molar-refractivity contribution is -0.141. The lowest BCUT2D eigenvalue weighted by Gasteiger charge is -2.43. The van der Waals surface area contributed by atoms with Crippen LogP contribution in [0, 0.1) is 29.6 Å². The predicted octanol–water partition coefficient (Wildman–Crippen LogP) is 3.55. The lowest BCUT2D eigenvalue weighted by atomic mass is 9.68. The van der Waals surface area contributed by atoms with Gasteiger partial charge in [-0.2, -0.15) is 0 Å². The highest BCUT2D eigenvalue weighted by atomic mass is 79.9. The van der Waals surface area contributed by atoms with Gasteiger partial charge in [-0.15, -0.1) is 11.8 Å². The maximum Gasteiger partial charge on any atom is 0.305 e. The Labute approximate surface area is 276 Å². The molecule has 1 aromatic heterocycles. The molecule has 0 radical (unpaired) electrons. The Kier molecular flexibility index (Phi) is 8.59. The average molecular weight is 721 g/mol. The number of fused-ring (bicyclic) bond motifs is 9. The molecule has 6 unspecified atom stereocenters. The zero-order chi connectivity index (χ0) is 31.4. The molecule has 4 heterocycles. The van der Waals surface area contributed by atoms with Gasteiger partial charge in [0.15, 0.2) is 6.61 Å². The zero-order valence-electron chi connectivity index (χ0n) is 24.4. The molecule has 3 aliphatic heterocycles. The Hall–Kier alpha value is -2.68. The van der Waals surface area contributed by atoms with Gasteiger partial charge < -0.3 is 24.5 Å². The highest BCUT2D eigenvalue weighted by Gasteiger charge is 2.69. The summed E-state index contributed by atoms with van der Waals surface area (Å²) in [4.78, 5) is 71.0. The van der Waals surface area contributed by atoms with E-state index in [1.807, 2.05) is 18.2 Å². The van der Waals surface area contributed by atoms with E-state index in [0.717, 1.165) is 26.4 Å². The van der Waals surface area contributed by atoms with Crippen molar-refractivity contribution in [2.24, 2.45) is 29.6 Å². The minimum atomic E-state index is -0.846. The number of nitrogens with zero attached hydrogens (tertiary/aromatic N) is 2. The highest BCUT2D eigenvalue weighted by molar-refractivity contribution is 9.10. The molecule has 5 aliphatic rings. The molecular weight excluding hydrogens is 686 g/mol. The number of likely N-dealkylation sites (tertiary alicyclic amines) is 1. The molecule has 11 nitrogen and oxygen atoms in total. The average Bonchev–Trinajstić information content (AvgIpc) is 3.76. The van der Waals surface area contributed by atoms with Crippen molar-refractivity contribution >= 4 is 62.7 Å². The molecular formula is C31H34BrN3O8S2. The van der Waals surface area contributed by atoms with E-state index in [-0.39, 0.29) is 70.5 Å². The number of morpholine rings is 1. The zero-order valence-corrected chi connectivity index (χ0v) is 27.7. The van der Waals surface area contributed by atoms with Gasteiger partial charge in [-0.05, 0) is 55.2 Å². The second-order valence-corrected chi connectivity index (χ2v) is 15.6. The fourth-order valence-corrected chi connectivity index (χ4v) is 11.6. The van der Waals surface area contributed by atoms with Crippen molar-refractivity contribution in [1.29, 1.82) is 0 Å². The number of carbonyl (C=O) groups is 4. The van der Waals surface area contributed by atoms with E-state index < -0.39 is 11.9 Å². The maximum absolute atomic E-state index is 13.8. The Balaban J connectivity index is 1.17. The number of carboxylic acid groups (broad SMARTS) is 1. The molecule has 45 heavy (non-hydrogen) atoms. The van der Waals surface area contributed by atoms with Gasteiger partial charge in [0.2, 0.25) is 11.8 Å². The van der Waals surface area contributed by atoms with E-state index in [9.17, 15) is 24.0 Å². The molecule has 4 fully saturated rings. The van der Waals surface area contributed by atoms with Crippen molar-refractivity contribution < 1.29 is 33.8 Å². The van der Waals surface area contributed by atoms with Gasteiger partial charge in [0.25, 0.3) is 5.91 Å². The Morgan fingerprint density at radius 3 is 2.58 bits per heavy atom. The summed E-state index contributed by atoms with van der Waals surface area (Å²) in [7, 11) is 0. The number of imide groups is 1. The number of aliphatic carboxylic acids is 1.